The van der Waals surface area contributed by atoms with Gasteiger partial charge in [0, 0.05) is 27.7 Å². The molecule has 53 heavy (non-hydrogen) atoms. The summed E-state index contributed by atoms with van der Waals surface area (Å²) in [5, 5.41) is 2.20. The maximum Gasteiger partial charge on any atom is 0.159 e. The average molecular weight is 679 g/mol. The number of ether oxygens (including phenoxy) is 1. The van der Waals surface area contributed by atoms with Crippen LogP contribution in [0.5, 0.6) is 11.5 Å². The van der Waals surface area contributed by atoms with Crippen molar-refractivity contribution >= 4 is 56.1 Å². The summed E-state index contributed by atoms with van der Waals surface area (Å²) in [6.45, 7) is 0. The summed E-state index contributed by atoms with van der Waals surface area (Å²) in [7, 11) is 0. The number of para-hydroxylation sites is 6. The quantitative estimate of drug-likeness (QED) is 0.182. The minimum Gasteiger partial charge on any atom is -0.456 e. The molecule has 0 N–H and O–H groups in total. The molecule has 3 aliphatic rings. The van der Waals surface area contributed by atoms with Crippen molar-refractivity contribution in [2.24, 2.45) is 0 Å². The smallest absolute Gasteiger partial charge is 0.159 e. The molecule has 3 heterocycles. The fraction of sp³-hybridized carbons (Fsp3) is 0.0204. The van der Waals surface area contributed by atoms with E-state index in [0.29, 0.717) is 0 Å². The SMILES string of the molecule is c1ccc(N2c3ccccc3C3(c4ccccc4-c4c3ccc3c4Oc4ccccc4N3c3ccc4oc5ccccc5c4c3)c3ccccc32)cc1. The first-order valence-corrected chi connectivity index (χ1v) is 18.1. The molecule has 1 spiro atoms. The third kappa shape index (κ3) is 3.69. The molecule has 4 heteroatoms. The molecule has 0 radical (unpaired) electrons. The minimum atomic E-state index is -0.570. The molecule has 4 nitrogen and oxygen atoms in total. The highest BCUT2D eigenvalue weighted by molar-refractivity contribution is 6.07. The molecule has 0 saturated carbocycles. The zero-order chi connectivity index (χ0) is 34.7. The third-order valence-electron chi connectivity index (χ3n) is 11.4. The Morgan fingerprint density at radius 3 is 1.83 bits per heavy atom. The van der Waals surface area contributed by atoms with Crippen LogP contribution < -0.4 is 14.5 Å². The van der Waals surface area contributed by atoms with Crippen molar-refractivity contribution < 1.29 is 9.15 Å². The first kappa shape index (κ1) is 28.6. The van der Waals surface area contributed by atoms with Gasteiger partial charge in [-0.05, 0) is 94.5 Å². The van der Waals surface area contributed by atoms with Crippen molar-refractivity contribution in [3.05, 3.63) is 204 Å². The second-order valence-electron chi connectivity index (χ2n) is 14.0. The van der Waals surface area contributed by atoms with Crippen LogP contribution in [0.4, 0.5) is 34.1 Å². The van der Waals surface area contributed by atoms with Crippen LogP contribution in [0.25, 0.3) is 33.1 Å². The molecule has 0 saturated heterocycles. The monoisotopic (exact) mass is 678 g/mol. The molecule has 1 aliphatic carbocycles. The molecule has 2 aliphatic heterocycles. The second-order valence-corrected chi connectivity index (χ2v) is 14.0. The van der Waals surface area contributed by atoms with Gasteiger partial charge in [0.1, 0.15) is 11.2 Å². The summed E-state index contributed by atoms with van der Waals surface area (Å²) >= 11 is 0. The van der Waals surface area contributed by atoms with Crippen LogP contribution in [-0.4, -0.2) is 0 Å². The van der Waals surface area contributed by atoms with Crippen LogP contribution in [-0.2, 0) is 5.41 Å². The van der Waals surface area contributed by atoms with Crippen LogP contribution in [0.1, 0.15) is 22.3 Å². The summed E-state index contributed by atoms with van der Waals surface area (Å²) in [4.78, 5) is 4.77. The molecule has 12 rings (SSSR count). The van der Waals surface area contributed by atoms with E-state index in [9.17, 15) is 0 Å². The van der Waals surface area contributed by atoms with Crippen molar-refractivity contribution in [3.63, 3.8) is 0 Å². The summed E-state index contributed by atoms with van der Waals surface area (Å²) in [6, 6.07) is 65.2. The summed E-state index contributed by atoms with van der Waals surface area (Å²) < 4.78 is 13.3. The van der Waals surface area contributed by atoms with Gasteiger partial charge >= 0.3 is 0 Å². The molecule has 248 valence electrons. The van der Waals surface area contributed by atoms with E-state index in [1.54, 1.807) is 0 Å². The highest BCUT2D eigenvalue weighted by atomic mass is 16.5. The molecule has 9 aromatic rings. The molecule has 0 fully saturated rings. The van der Waals surface area contributed by atoms with E-state index < -0.39 is 5.41 Å². The fourth-order valence-electron chi connectivity index (χ4n) is 9.39. The van der Waals surface area contributed by atoms with E-state index in [1.807, 2.05) is 12.1 Å². The number of furan rings is 1. The maximum atomic E-state index is 7.10. The predicted molar refractivity (Wildman–Crippen MR) is 214 cm³/mol. The van der Waals surface area contributed by atoms with Gasteiger partial charge in [-0.2, -0.15) is 0 Å². The summed E-state index contributed by atoms with van der Waals surface area (Å²) in [5.74, 6) is 1.69. The van der Waals surface area contributed by atoms with Crippen molar-refractivity contribution in [1.29, 1.82) is 0 Å². The lowest BCUT2D eigenvalue weighted by atomic mass is 9.64. The molecule has 1 aromatic heterocycles. The van der Waals surface area contributed by atoms with E-state index in [2.05, 4.69) is 180 Å². The Hall–Kier alpha value is -7.04. The Balaban J connectivity index is 1.15. The van der Waals surface area contributed by atoms with Gasteiger partial charge in [0.05, 0.1) is 28.2 Å². The molecule has 0 amide bonds. The Bertz CT molecular complexity index is 2910. The number of hydrogen-bond acceptors (Lipinski definition) is 4. The van der Waals surface area contributed by atoms with Crippen molar-refractivity contribution in [3.8, 4) is 22.6 Å². The molecule has 0 unspecified atom stereocenters. The van der Waals surface area contributed by atoms with Crippen LogP contribution in [0.15, 0.2) is 186 Å². The van der Waals surface area contributed by atoms with Crippen molar-refractivity contribution in [1.82, 2.24) is 0 Å². The minimum absolute atomic E-state index is 0.570. The van der Waals surface area contributed by atoms with Crippen molar-refractivity contribution in [2.45, 2.75) is 5.41 Å². The number of hydrogen-bond donors (Lipinski definition) is 0. The highest BCUT2D eigenvalue weighted by Gasteiger charge is 2.53. The average Bonchev–Trinajstić information content (AvgIpc) is 3.74. The van der Waals surface area contributed by atoms with Gasteiger partial charge in [-0.3, -0.25) is 0 Å². The molecule has 8 aromatic carbocycles. The molecular formula is C49H30N2O2. The second kappa shape index (κ2) is 10.5. The normalized spacial score (nSPS) is 14.3. The fourth-order valence-corrected chi connectivity index (χ4v) is 9.39. The lowest BCUT2D eigenvalue weighted by Gasteiger charge is -2.45. The number of nitrogens with zero attached hydrogens (tertiary/aromatic N) is 2. The number of rotatable bonds is 2. The van der Waals surface area contributed by atoms with Crippen molar-refractivity contribution in [2.75, 3.05) is 9.80 Å². The molecule has 0 bridgehead atoms. The van der Waals surface area contributed by atoms with E-state index >= 15 is 0 Å². The van der Waals surface area contributed by atoms with Crippen LogP contribution in [0, 0.1) is 0 Å². The maximum absolute atomic E-state index is 7.10. The van der Waals surface area contributed by atoms with Gasteiger partial charge in [0.25, 0.3) is 0 Å². The summed E-state index contributed by atoms with van der Waals surface area (Å²) in [6.07, 6.45) is 0. The lowest BCUT2D eigenvalue weighted by molar-refractivity contribution is 0.478. The first-order chi connectivity index (χ1) is 26.3. The Kier molecular flexibility index (Phi) is 5.67. The third-order valence-corrected chi connectivity index (χ3v) is 11.4. The predicted octanol–water partition coefficient (Wildman–Crippen LogP) is 13.3. The Morgan fingerprint density at radius 1 is 0.396 bits per heavy atom. The number of anilines is 6. The van der Waals surface area contributed by atoms with Gasteiger partial charge in [-0.1, -0.05) is 115 Å². The van der Waals surface area contributed by atoms with Crippen LogP contribution in [0.3, 0.4) is 0 Å². The lowest BCUT2D eigenvalue weighted by Crippen LogP contribution is -2.36. The van der Waals surface area contributed by atoms with Gasteiger partial charge in [0.2, 0.25) is 0 Å². The largest absolute Gasteiger partial charge is 0.456 e. The standard InChI is InChI=1S/C49H30N2O2/c1-2-14-31(15-3-1)50-40-21-9-7-19-37(40)49(38-20-8-10-22-41(38)50)36-18-6-4-17-34(36)47-39(49)27-28-43-48(47)53-46-25-13-11-23-42(46)51(43)32-26-29-45-35(30-32)33-16-5-12-24-44(33)52-45/h1-30H. The highest BCUT2D eigenvalue weighted by Crippen LogP contribution is 2.67. The van der Waals surface area contributed by atoms with E-state index in [1.165, 1.54) is 39.2 Å². The summed E-state index contributed by atoms with van der Waals surface area (Å²) in [5.41, 5.74) is 15.0. The van der Waals surface area contributed by atoms with E-state index in [4.69, 9.17) is 9.15 Å². The van der Waals surface area contributed by atoms with E-state index in [0.717, 1.165) is 61.8 Å². The Labute approximate surface area is 306 Å². The van der Waals surface area contributed by atoms with Gasteiger partial charge in [0.15, 0.2) is 11.5 Å². The zero-order valence-corrected chi connectivity index (χ0v) is 28.5. The van der Waals surface area contributed by atoms with Crippen LogP contribution in [0.2, 0.25) is 0 Å². The first-order valence-electron chi connectivity index (χ1n) is 18.1. The molecular weight excluding hydrogens is 649 g/mol. The van der Waals surface area contributed by atoms with Crippen LogP contribution >= 0.6 is 0 Å². The van der Waals surface area contributed by atoms with E-state index in [-0.39, 0.29) is 0 Å². The van der Waals surface area contributed by atoms with Gasteiger partial charge in [-0.25, -0.2) is 0 Å². The number of fused-ring (bicyclic) bond motifs is 15. The Morgan fingerprint density at radius 2 is 1.02 bits per heavy atom. The topological polar surface area (TPSA) is 28.9 Å². The molecule has 0 atom stereocenters. The zero-order valence-electron chi connectivity index (χ0n) is 28.5. The number of benzene rings is 8. The van der Waals surface area contributed by atoms with Gasteiger partial charge in [-0.15, -0.1) is 0 Å². The van der Waals surface area contributed by atoms with Gasteiger partial charge < -0.3 is 19.0 Å².